The highest BCUT2D eigenvalue weighted by atomic mass is 31.2. The summed E-state index contributed by atoms with van der Waals surface area (Å²) in [5, 5.41) is 35.3. The van der Waals surface area contributed by atoms with Gasteiger partial charge >= 0.3 is 13.6 Å². The SMILES string of the molecule is CC(C)C[C@H](NC(=O)[C@H](CCCCN)NC(=O)[C@H](Cc1ccccc1)NC(=O)CCCCCNC(=O)c1ccc(C(=O)O)c(-c2c3ccc(=O)cc-3oc3cc(O)ccc23)c1)C(=O)N[C@@H](C(C)C)P(=O)(Oc1ccccc1)Oc1ccccc1. The Balaban J connectivity index is 0.993. The zero-order valence-electron chi connectivity index (χ0n) is 47.5. The minimum Gasteiger partial charge on any atom is -0.508 e. The minimum absolute atomic E-state index is 0.0346. The van der Waals surface area contributed by atoms with Crippen LogP contribution in [0.4, 0.5) is 0 Å². The number of nitrogens with two attached hydrogens (primary N) is 1. The van der Waals surface area contributed by atoms with E-state index in [1.807, 2.05) is 44.2 Å². The van der Waals surface area contributed by atoms with Gasteiger partial charge in [-0.3, -0.25) is 28.8 Å². The van der Waals surface area contributed by atoms with Crippen molar-refractivity contribution in [1.82, 2.24) is 26.6 Å². The first-order valence-electron chi connectivity index (χ1n) is 28.2. The molecule has 0 aromatic heterocycles. The highest BCUT2D eigenvalue weighted by molar-refractivity contribution is 7.55. The summed E-state index contributed by atoms with van der Waals surface area (Å²) < 4.78 is 33.1. The molecule has 5 aromatic rings. The van der Waals surface area contributed by atoms with Crippen molar-refractivity contribution in [2.45, 2.75) is 109 Å². The maximum atomic E-state index is 15.0. The zero-order valence-corrected chi connectivity index (χ0v) is 48.4. The second kappa shape index (κ2) is 30.0. The molecule has 9 N–H and O–H groups in total. The first kappa shape index (κ1) is 62.8. The fourth-order valence-corrected chi connectivity index (χ4v) is 11.8. The summed E-state index contributed by atoms with van der Waals surface area (Å²) in [5.74, 6) is -5.21. The van der Waals surface area contributed by atoms with Gasteiger partial charge in [-0.1, -0.05) is 101 Å². The lowest BCUT2D eigenvalue weighted by atomic mass is 9.89. The molecule has 2 aliphatic rings. The fraction of sp³-hybridized carbons (Fsp3) is 0.328. The van der Waals surface area contributed by atoms with E-state index in [-0.39, 0.29) is 88.9 Å². The topological polar surface area (TPSA) is 295 Å². The number of carbonyl (C=O) groups is 6. The largest absolute Gasteiger partial charge is 0.508 e. The van der Waals surface area contributed by atoms with Crippen LogP contribution in [-0.2, 0) is 30.2 Å². The number of carbonyl (C=O) groups excluding carboxylic acids is 5. The van der Waals surface area contributed by atoms with Crippen molar-refractivity contribution in [3.63, 3.8) is 0 Å². The number of benzene rings is 6. The molecule has 0 saturated carbocycles. The number of phenols is 1. The van der Waals surface area contributed by atoms with Crippen LogP contribution in [0.1, 0.15) is 105 Å². The number of hydrogen-bond donors (Lipinski definition) is 8. The maximum absolute atomic E-state index is 15.0. The van der Waals surface area contributed by atoms with Crippen LogP contribution in [0.2, 0.25) is 0 Å². The van der Waals surface area contributed by atoms with Crippen molar-refractivity contribution in [1.29, 1.82) is 0 Å². The molecule has 0 bridgehead atoms. The lowest BCUT2D eigenvalue weighted by Crippen LogP contribution is -2.58. The average Bonchev–Trinajstić information content (AvgIpc) is 1.54. The Morgan fingerprint density at radius 3 is 1.90 bits per heavy atom. The summed E-state index contributed by atoms with van der Waals surface area (Å²) in [6.07, 6.45) is 2.84. The van der Waals surface area contributed by atoms with Crippen molar-refractivity contribution in [2.75, 3.05) is 13.1 Å². The van der Waals surface area contributed by atoms with Gasteiger partial charge in [0.15, 0.2) is 11.2 Å². The Morgan fingerprint density at radius 2 is 1.27 bits per heavy atom. The molecule has 0 saturated heterocycles. The van der Waals surface area contributed by atoms with Crippen LogP contribution in [0.3, 0.4) is 0 Å². The van der Waals surface area contributed by atoms with E-state index in [4.69, 9.17) is 19.2 Å². The minimum atomic E-state index is -4.24. The van der Waals surface area contributed by atoms with Crippen molar-refractivity contribution >= 4 is 54.1 Å². The number of carboxylic acid groups (broad SMARTS) is 1. The van der Waals surface area contributed by atoms with Crippen LogP contribution in [0, 0.1) is 11.8 Å². The van der Waals surface area contributed by atoms with E-state index < -0.39 is 72.9 Å². The van der Waals surface area contributed by atoms with Gasteiger partial charge in [-0.05, 0) is 135 Å². The zero-order chi connectivity index (χ0) is 60.3. The standard InChI is InChI=1S/C64H73N6O13P/c1-40(2)35-53(62(77)70-63(41(3)4)84(80,82-46-21-11-6-12-22-46)83-47-23-13-7-14-24-47)69-60(75)52(25-16-17-33-65)68-61(76)54(36-42-19-9-5-10-20-42)67-57(73)26-15-8-18-34-66-59(74)43-27-30-48(64(78)79)51(37-43)58-49-31-28-44(71)38-55(49)81-56-39-45(72)29-32-50(56)58/h5-7,9-14,19-24,27-32,37-41,52-54,63,71H,8,15-18,25-26,33-36,65H2,1-4H3,(H,66,74)(H,67,73)(H,68,76)(H,69,75)(H,70,77)(H,78,79)/t52-,53-,54-,63+/m0/s1. The lowest BCUT2D eigenvalue weighted by molar-refractivity contribution is -0.134. The summed E-state index contributed by atoms with van der Waals surface area (Å²) in [6.45, 7) is 7.87. The summed E-state index contributed by atoms with van der Waals surface area (Å²) in [6, 6.07) is 35.3. The lowest BCUT2D eigenvalue weighted by Gasteiger charge is -2.32. The number of carboxylic acids is 1. The van der Waals surface area contributed by atoms with Gasteiger partial charge in [-0.25, -0.2) is 9.36 Å². The second-order valence-electron chi connectivity index (χ2n) is 21.3. The Hall–Kier alpha value is -8.80. The summed E-state index contributed by atoms with van der Waals surface area (Å²) in [7, 11) is -4.24. The Morgan fingerprint density at radius 1 is 0.643 bits per heavy atom. The van der Waals surface area contributed by atoms with Gasteiger partial charge in [-0.15, -0.1) is 0 Å². The molecule has 1 heterocycles. The van der Waals surface area contributed by atoms with E-state index in [0.717, 1.165) is 5.56 Å². The Bertz CT molecular complexity index is 3420. The fourth-order valence-electron chi connectivity index (χ4n) is 9.70. The maximum Gasteiger partial charge on any atom is 0.453 e. The number of hydrogen-bond acceptors (Lipinski definition) is 13. The molecule has 20 heteroatoms. The summed E-state index contributed by atoms with van der Waals surface area (Å²) in [4.78, 5) is 95.4. The Labute approximate surface area is 488 Å². The number of fused-ring (bicyclic) bond motifs is 2. The summed E-state index contributed by atoms with van der Waals surface area (Å²) in [5.41, 5.74) is 7.55. The van der Waals surface area contributed by atoms with Crippen LogP contribution in [0.15, 0.2) is 155 Å². The number of rotatable bonds is 30. The monoisotopic (exact) mass is 1160 g/mol. The molecule has 5 amide bonds. The van der Waals surface area contributed by atoms with Gasteiger partial charge in [0.25, 0.3) is 5.91 Å². The number of phenolic OH excluding ortho intramolecular Hbond substituents is 1. The molecule has 1 aliphatic carbocycles. The first-order chi connectivity index (χ1) is 40.3. The third-order valence-electron chi connectivity index (χ3n) is 13.9. The molecule has 7 rings (SSSR count). The molecule has 1 aliphatic heterocycles. The van der Waals surface area contributed by atoms with Gasteiger partial charge in [-0.2, -0.15) is 0 Å². The number of unbranched alkanes of at least 4 members (excludes halogenated alkanes) is 3. The predicted octanol–water partition coefficient (Wildman–Crippen LogP) is 9.58. The molecule has 5 aromatic carbocycles. The van der Waals surface area contributed by atoms with E-state index in [1.54, 1.807) is 80.6 Å². The van der Waals surface area contributed by atoms with Crippen LogP contribution in [0.5, 0.6) is 17.2 Å². The van der Waals surface area contributed by atoms with Crippen LogP contribution in [-0.4, -0.2) is 82.7 Å². The highest BCUT2D eigenvalue weighted by Crippen LogP contribution is 2.54. The van der Waals surface area contributed by atoms with E-state index in [9.17, 15) is 48.3 Å². The molecular formula is C64H73N6O13P. The van der Waals surface area contributed by atoms with Crippen molar-refractivity contribution in [3.05, 3.63) is 173 Å². The Kier molecular flexibility index (Phi) is 22.4. The first-order valence-corrected chi connectivity index (χ1v) is 29.8. The highest BCUT2D eigenvalue weighted by Gasteiger charge is 2.44. The number of aromatic carboxylic acids is 1. The number of amides is 5. The molecule has 0 radical (unpaired) electrons. The van der Waals surface area contributed by atoms with Gasteiger partial charge in [0.1, 0.15) is 46.7 Å². The van der Waals surface area contributed by atoms with Crippen molar-refractivity contribution < 1.29 is 57.0 Å². The van der Waals surface area contributed by atoms with Gasteiger partial charge in [0.05, 0.1) is 5.56 Å². The van der Waals surface area contributed by atoms with Crippen LogP contribution in [0.25, 0.3) is 33.4 Å². The third-order valence-corrected chi connectivity index (χ3v) is 16.2. The van der Waals surface area contributed by atoms with E-state index in [1.165, 1.54) is 48.5 Å². The number of para-hydroxylation sites is 2. The van der Waals surface area contributed by atoms with E-state index in [0.29, 0.717) is 55.2 Å². The second-order valence-corrected chi connectivity index (χ2v) is 23.3. The quantitative estimate of drug-likeness (QED) is 0.0118. The van der Waals surface area contributed by atoms with Crippen LogP contribution >= 0.6 is 7.60 Å². The van der Waals surface area contributed by atoms with Crippen molar-refractivity contribution in [3.8, 4) is 39.7 Å². The molecular weight excluding hydrogens is 1090 g/mol. The summed E-state index contributed by atoms with van der Waals surface area (Å²) >= 11 is 0. The smallest absolute Gasteiger partial charge is 0.453 e. The van der Waals surface area contributed by atoms with E-state index >= 15 is 0 Å². The average molecular weight is 1170 g/mol. The molecule has 19 nitrogen and oxygen atoms in total. The third kappa shape index (κ3) is 17.4. The molecule has 84 heavy (non-hydrogen) atoms. The molecule has 0 spiro atoms. The van der Waals surface area contributed by atoms with Gasteiger partial charge < -0.3 is 56.0 Å². The normalized spacial score (nSPS) is 12.9. The molecule has 0 unspecified atom stereocenters. The van der Waals surface area contributed by atoms with E-state index in [2.05, 4.69) is 26.6 Å². The van der Waals surface area contributed by atoms with Gasteiger partial charge in [0, 0.05) is 53.6 Å². The number of nitrogens with one attached hydrogen (secondary N) is 5. The predicted molar refractivity (Wildman–Crippen MR) is 321 cm³/mol. The molecule has 4 atom stereocenters. The van der Waals surface area contributed by atoms with Crippen molar-refractivity contribution in [2.24, 2.45) is 17.6 Å². The van der Waals surface area contributed by atoms with Gasteiger partial charge in [0.2, 0.25) is 23.6 Å². The number of aromatic hydroxyl groups is 1. The molecule has 0 fully saturated rings. The molecule has 442 valence electrons. The van der Waals surface area contributed by atoms with Crippen LogP contribution < -0.4 is 46.8 Å².